The second-order valence-electron chi connectivity index (χ2n) is 5.65. The molecule has 0 unspecified atom stereocenters. The fraction of sp³-hybridized carbons (Fsp3) is 0.500. The minimum atomic E-state index is -4.48. The van der Waals surface area contributed by atoms with Crippen molar-refractivity contribution in [2.24, 2.45) is 0 Å². The standard InChI is InChI=1S/C16H18F3NO5/c17-16(18,19)9-24-12-4-2-1-3-11(12)20-15(23)13-7-5-10(25-13)6-8-14(21)22/h1-4,10,13H,5-9H2,(H,20,23)(H,21,22)/t10-,13+/m0/s1. The fourth-order valence-electron chi connectivity index (χ4n) is 2.46. The van der Waals surface area contributed by atoms with Crippen molar-refractivity contribution in [2.75, 3.05) is 11.9 Å². The third kappa shape index (κ3) is 6.26. The molecule has 1 aliphatic rings. The highest BCUT2D eigenvalue weighted by molar-refractivity contribution is 5.95. The summed E-state index contributed by atoms with van der Waals surface area (Å²) in [5.74, 6) is -1.53. The number of rotatable bonds is 7. The lowest BCUT2D eigenvalue weighted by atomic mass is 10.1. The van der Waals surface area contributed by atoms with E-state index in [-0.39, 0.29) is 24.0 Å². The highest BCUT2D eigenvalue weighted by atomic mass is 19.4. The smallest absolute Gasteiger partial charge is 0.422 e. The van der Waals surface area contributed by atoms with Crippen molar-refractivity contribution in [1.82, 2.24) is 0 Å². The van der Waals surface area contributed by atoms with E-state index in [4.69, 9.17) is 14.6 Å². The minimum Gasteiger partial charge on any atom is -0.482 e. The van der Waals surface area contributed by atoms with Gasteiger partial charge in [0.25, 0.3) is 5.91 Å². The molecule has 2 atom stereocenters. The van der Waals surface area contributed by atoms with Gasteiger partial charge in [0.15, 0.2) is 6.61 Å². The van der Waals surface area contributed by atoms with Crippen molar-refractivity contribution >= 4 is 17.6 Å². The van der Waals surface area contributed by atoms with Crippen LogP contribution in [0.2, 0.25) is 0 Å². The van der Waals surface area contributed by atoms with E-state index >= 15 is 0 Å². The molecule has 0 bridgehead atoms. The van der Waals surface area contributed by atoms with Crippen LogP contribution in [0, 0.1) is 0 Å². The molecule has 6 nitrogen and oxygen atoms in total. The Morgan fingerprint density at radius 2 is 2.00 bits per heavy atom. The summed E-state index contributed by atoms with van der Waals surface area (Å²) >= 11 is 0. The van der Waals surface area contributed by atoms with Crippen LogP contribution in [0.4, 0.5) is 18.9 Å². The van der Waals surface area contributed by atoms with Gasteiger partial charge in [0.05, 0.1) is 11.8 Å². The van der Waals surface area contributed by atoms with Crippen molar-refractivity contribution in [2.45, 2.75) is 44.1 Å². The van der Waals surface area contributed by atoms with E-state index in [1.807, 2.05) is 0 Å². The van der Waals surface area contributed by atoms with Gasteiger partial charge < -0.3 is 19.9 Å². The highest BCUT2D eigenvalue weighted by Gasteiger charge is 2.32. The summed E-state index contributed by atoms with van der Waals surface area (Å²) < 4.78 is 47.0. The van der Waals surface area contributed by atoms with E-state index in [0.29, 0.717) is 19.3 Å². The zero-order chi connectivity index (χ0) is 18.4. The predicted octanol–water partition coefficient (Wildman–Crippen LogP) is 2.98. The number of para-hydroxylation sites is 2. The van der Waals surface area contributed by atoms with Crippen molar-refractivity contribution in [3.63, 3.8) is 0 Å². The van der Waals surface area contributed by atoms with Crippen LogP contribution >= 0.6 is 0 Å². The molecular formula is C16H18F3NO5. The quantitative estimate of drug-likeness (QED) is 0.780. The van der Waals surface area contributed by atoms with Crippen molar-refractivity contribution in [1.29, 1.82) is 0 Å². The second kappa shape index (κ2) is 8.19. The summed E-state index contributed by atoms with van der Waals surface area (Å²) in [6.45, 7) is -1.46. The number of hydrogen-bond acceptors (Lipinski definition) is 4. The maximum Gasteiger partial charge on any atom is 0.422 e. The Morgan fingerprint density at radius 3 is 2.68 bits per heavy atom. The molecule has 25 heavy (non-hydrogen) atoms. The molecule has 0 aliphatic carbocycles. The summed E-state index contributed by atoms with van der Waals surface area (Å²) in [6.07, 6.45) is -4.34. The second-order valence-corrected chi connectivity index (χ2v) is 5.65. The van der Waals surface area contributed by atoms with E-state index in [1.54, 1.807) is 6.07 Å². The molecular weight excluding hydrogens is 343 g/mol. The molecule has 1 saturated heterocycles. The number of amides is 1. The number of ether oxygens (including phenoxy) is 2. The highest BCUT2D eigenvalue weighted by Crippen LogP contribution is 2.28. The Morgan fingerprint density at radius 1 is 1.28 bits per heavy atom. The Labute approximate surface area is 141 Å². The van der Waals surface area contributed by atoms with Gasteiger partial charge in [-0.15, -0.1) is 0 Å². The van der Waals surface area contributed by atoms with Gasteiger partial charge in [-0.2, -0.15) is 13.2 Å². The summed E-state index contributed by atoms with van der Waals surface area (Å²) in [5, 5.41) is 11.2. The average Bonchev–Trinajstić information content (AvgIpc) is 3.00. The number of carboxylic acid groups (broad SMARTS) is 1. The van der Waals surface area contributed by atoms with E-state index < -0.39 is 30.8 Å². The molecule has 0 saturated carbocycles. The normalized spacial score (nSPS) is 20.3. The summed E-state index contributed by atoms with van der Waals surface area (Å²) in [5.41, 5.74) is 0.120. The number of benzene rings is 1. The number of alkyl halides is 3. The summed E-state index contributed by atoms with van der Waals surface area (Å²) in [6, 6.07) is 5.81. The lowest BCUT2D eigenvalue weighted by Gasteiger charge is -2.16. The van der Waals surface area contributed by atoms with E-state index in [2.05, 4.69) is 5.32 Å². The van der Waals surface area contributed by atoms with Crippen LogP contribution < -0.4 is 10.1 Å². The first-order valence-corrected chi connectivity index (χ1v) is 7.71. The molecule has 1 aromatic rings. The first-order chi connectivity index (χ1) is 11.7. The molecule has 2 N–H and O–H groups in total. The van der Waals surface area contributed by atoms with Crippen LogP contribution in [-0.4, -0.2) is 42.0 Å². The third-order valence-electron chi connectivity index (χ3n) is 3.62. The topological polar surface area (TPSA) is 84.9 Å². The molecule has 1 aliphatic heterocycles. The zero-order valence-electron chi connectivity index (χ0n) is 13.2. The maximum atomic E-state index is 12.3. The number of carbonyl (C=O) groups excluding carboxylic acids is 1. The average molecular weight is 361 g/mol. The van der Waals surface area contributed by atoms with Crippen molar-refractivity contribution in [3.8, 4) is 5.75 Å². The lowest BCUT2D eigenvalue weighted by molar-refractivity contribution is -0.153. The van der Waals surface area contributed by atoms with Gasteiger partial charge in [0.1, 0.15) is 11.9 Å². The fourth-order valence-corrected chi connectivity index (χ4v) is 2.46. The molecule has 0 aromatic heterocycles. The van der Waals surface area contributed by atoms with Crippen LogP contribution in [0.15, 0.2) is 24.3 Å². The molecule has 1 fully saturated rings. The van der Waals surface area contributed by atoms with Gasteiger partial charge in [-0.05, 0) is 31.4 Å². The van der Waals surface area contributed by atoms with Crippen LogP contribution in [0.1, 0.15) is 25.7 Å². The van der Waals surface area contributed by atoms with Crippen LogP contribution in [0.25, 0.3) is 0 Å². The predicted molar refractivity (Wildman–Crippen MR) is 81.4 cm³/mol. The molecule has 1 heterocycles. The van der Waals surface area contributed by atoms with Crippen LogP contribution in [0.5, 0.6) is 5.75 Å². The zero-order valence-corrected chi connectivity index (χ0v) is 13.2. The lowest BCUT2D eigenvalue weighted by Crippen LogP contribution is -2.28. The van der Waals surface area contributed by atoms with Crippen LogP contribution in [-0.2, 0) is 14.3 Å². The van der Waals surface area contributed by atoms with Gasteiger partial charge in [0.2, 0.25) is 0 Å². The van der Waals surface area contributed by atoms with E-state index in [0.717, 1.165) is 0 Å². The molecule has 0 radical (unpaired) electrons. The van der Waals surface area contributed by atoms with Gasteiger partial charge in [-0.25, -0.2) is 0 Å². The summed E-state index contributed by atoms with van der Waals surface area (Å²) in [4.78, 5) is 22.8. The number of aliphatic carboxylic acids is 1. The number of hydrogen-bond donors (Lipinski definition) is 2. The Kier molecular flexibility index (Phi) is 6.24. The van der Waals surface area contributed by atoms with Gasteiger partial charge in [-0.1, -0.05) is 12.1 Å². The molecule has 0 spiro atoms. The molecule has 1 aromatic carbocycles. The van der Waals surface area contributed by atoms with Gasteiger partial charge >= 0.3 is 12.1 Å². The maximum absolute atomic E-state index is 12.3. The number of carbonyl (C=O) groups is 2. The monoisotopic (exact) mass is 361 g/mol. The first-order valence-electron chi connectivity index (χ1n) is 7.71. The SMILES string of the molecule is O=C(O)CC[C@@H]1CC[C@H](C(=O)Nc2ccccc2OCC(F)(F)F)O1. The molecule has 2 rings (SSSR count). The number of halogens is 3. The number of anilines is 1. The first kappa shape index (κ1) is 19.0. The Balaban J connectivity index is 1.91. The largest absolute Gasteiger partial charge is 0.482 e. The van der Waals surface area contributed by atoms with Gasteiger partial charge in [-0.3, -0.25) is 9.59 Å². The minimum absolute atomic E-state index is 0.0485. The van der Waals surface area contributed by atoms with E-state index in [9.17, 15) is 22.8 Å². The summed E-state index contributed by atoms with van der Waals surface area (Å²) in [7, 11) is 0. The van der Waals surface area contributed by atoms with Gasteiger partial charge in [0, 0.05) is 6.42 Å². The number of carboxylic acids is 1. The van der Waals surface area contributed by atoms with E-state index in [1.165, 1.54) is 18.2 Å². The van der Waals surface area contributed by atoms with Crippen molar-refractivity contribution in [3.05, 3.63) is 24.3 Å². The van der Waals surface area contributed by atoms with Crippen molar-refractivity contribution < 1.29 is 37.3 Å². The molecule has 1 amide bonds. The third-order valence-corrected chi connectivity index (χ3v) is 3.62. The number of nitrogens with one attached hydrogen (secondary N) is 1. The molecule has 9 heteroatoms. The van der Waals surface area contributed by atoms with Crippen LogP contribution in [0.3, 0.4) is 0 Å². The Hall–Kier alpha value is -2.29. The Bertz CT molecular complexity index is 620. The molecule has 138 valence electrons.